The molecule has 1 amide bonds. The predicted molar refractivity (Wildman–Crippen MR) is 103 cm³/mol. The normalized spacial score (nSPS) is 10.9. The van der Waals surface area contributed by atoms with Gasteiger partial charge in [0.15, 0.2) is 0 Å². The highest BCUT2D eigenvalue weighted by atomic mass is 127. The highest BCUT2D eigenvalue weighted by Crippen LogP contribution is 2.21. The quantitative estimate of drug-likeness (QED) is 0.424. The fourth-order valence-corrected chi connectivity index (χ4v) is 2.49. The zero-order valence-corrected chi connectivity index (χ0v) is 15.9. The van der Waals surface area contributed by atoms with E-state index >= 15 is 0 Å². The molecule has 2 aromatic carbocycles. The molecule has 0 atom stereocenters. The Bertz CT molecular complexity index is 728. The van der Waals surface area contributed by atoms with Gasteiger partial charge in [-0.1, -0.05) is 0 Å². The van der Waals surface area contributed by atoms with Gasteiger partial charge in [0, 0.05) is 5.56 Å². The first kappa shape index (κ1) is 18.3. The molecule has 2 rings (SSSR count). The van der Waals surface area contributed by atoms with E-state index in [4.69, 9.17) is 9.47 Å². The number of carbonyl (C=O) groups excluding carboxylic acids is 1. The van der Waals surface area contributed by atoms with E-state index in [2.05, 4.69) is 33.1 Å². The van der Waals surface area contributed by atoms with Crippen LogP contribution in [0.5, 0.6) is 11.5 Å². The lowest BCUT2D eigenvalue weighted by molar-refractivity contribution is 0.0954. The molecule has 0 radical (unpaired) electrons. The van der Waals surface area contributed by atoms with Crippen LogP contribution < -0.4 is 14.9 Å². The van der Waals surface area contributed by atoms with Gasteiger partial charge in [-0.2, -0.15) is 5.10 Å². The van der Waals surface area contributed by atoms with Crippen molar-refractivity contribution in [2.75, 3.05) is 7.11 Å². The Balaban J connectivity index is 1.97. The Labute approximate surface area is 155 Å². The molecule has 2 aromatic rings. The van der Waals surface area contributed by atoms with Gasteiger partial charge in [0.2, 0.25) is 0 Å². The van der Waals surface area contributed by atoms with E-state index in [0.29, 0.717) is 11.3 Å². The van der Waals surface area contributed by atoms with Crippen LogP contribution in [0.4, 0.5) is 0 Å². The summed E-state index contributed by atoms with van der Waals surface area (Å²) in [5, 5.41) is 3.98. The smallest absolute Gasteiger partial charge is 0.271 e. The molecule has 0 unspecified atom stereocenters. The molecule has 6 heteroatoms. The Morgan fingerprint density at radius 2 is 1.92 bits per heavy atom. The van der Waals surface area contributed by atoms with Crippen molar-refractivity contribution in [3.05, 3.63) is 57.2 Å². The van der Waals surface area contributed by atoms with Crippen molar-refractivity contribution in [2.45, 2.75) is 20.0 Å². The Morgan fingerprint density at radius 1 is 1.21 bits per heavy atom. The van der Waals surface area contributed by atoms with Gasteiger partial charge in [0.1, 0.15) is 11.5 Å². The lowest BCUT2D eigenvalue weighted by Crippen LogP contribution is -2.17. The molecular weight excluding hydrogens is 419 g/mol. The third-order valence-corrected chi connectivity index (χ3v) is 3.94. The molecular formula is C18H19IN2O3. The third kappa shape index (κ3) is 5.23. The van der Waals surface area contributed by atoms with Gasteiger partial charge in [0.05, 0.1) is 23.0 Å². The van der Waals surface area contributed by atoms with Gasteiger partial charge < -0.3 is 9.47 Å². The van der Waals surface area contributed by atoms with E-state index in [1.807, 2.05) is 44.2 Å². The molecule has 0 saturated carbocycles. The molecule has 0 fully saturated rings. The van der Waals surface area contributed by atoms with Crippen molar-refractivity contribution in [1.29, 1.82) is 0 Å². The molecule has 0 spiro atoms. The fraction of sp³-hybridized carbons (Fsp3) is 0.222. The van der Waals surface area contributed by atoms with Crippen molar-refractivity contribution in [3.8, 4) is 11.5 Å². The van der Waals surface area contributed by atoms with Gasteiger partial charge in [-0.3, -0.25) is 4.79 Å². The van der Waals surface area contributed by atoms with Crippen molar-refractivity contribution < 1.29 is 14.3 Å². The number of methoxy groups -OCH3 is 1. The maximum absolute atomic E-state index is 12.1. The molecule has 0 aliphatic carbocycles. The Hall–Kier alpha value is -2.09. The summed E-state index contributed by atoms with van der Waals surface area (Å²) in [5.74, 6) is 1.17. The van der Waals surface area contributed by atoms with Gasteiger partial charge in [-0.15, -0.1) is 0 Å². The van der Waals surface area contributed by atoms with E-state index < -0.39 is 0 Å². The molecule has 0 aliphatic rings. The number of rotatable bonds is 6. The minimum Gasteiger partial charge on any atom is -0.496 e. The van der Waals surface area contributed by atoms with Crippen LogP contribution in [-0.4, -0.2) is 25.3 Å². The second kappa shape index (κ2) is 8.68. The van der Waals surface area contributed by atoms with Gasteiger partial charge in [-0.05, 0) is 84.5 Å². The standard InChI is InChI=1S/C18H19IN2O3/c1-12(2)24-15-7-4-13(5-8-15)11-20-21-18(22)14-6-9-16(19)17(10-14)23-3/h4-12H,1-3H3,(H,21,22)/b20-11-. The van der Waals surface area contributed by atoms with Crippen LogP contribution in [0.2, 0.25) is 0 Å². The first-order chi connectivity index (χ1) is 11.5. The number of halogens is 1. The van der Waals surface area contributed by atoms with E-state index in [1.54, 1.807) is 25.5 Å². The first-order valence-corrected chi connectivity index (χ1v) is 8.51. The molecule has 0 bridgehead atoms. The average Bonchev–Trinajstić information content (AvgIpc) is 2.56. The number of hydrazone groups is 1. The Morgan fingerprint density at radius 3 is 2.54 bits per heavy atom. The highest BCUT2D eigenvalue weighted by Gasteiger charge is 2.08. The number of nitrogens with zero attached hydrogens (tertiary/aromatic N) is 1. The number of benzene rings is 2. The number of nitrogens with one attached hydrogen (secondary N) is 1. The molecule has 0 aromatic heterocycles. The molecule has 1 N–H and O–H groups in total. The van der Waals surface area contributed by atoms with E-state index in [1.165, 1.54) is 0 Å². The van der Waals surface area contributed by atoms with Gasteiger partial charge in [-0.25, -0.2) is 5.43 Å². The summed E-state index contributed by atoms with van der Waals surface area (Å²) >= 11 is 2.15. The minimum atomic E-state index is -0.291. The zero-order valence-electron chi connectivity index (χ0n) is 13.7. The first-order valence-electron chi connectivity index (χ1n) is 7.43. The SMILES string of the molecule is COc1cc(C(=O)N/N=C\c2ccc(OC(C)C)cc2)ccc1I. The lowest BCUT2D eigenvalue weighted by Gasteiger charge is -2.09. The lowest BCUT2D eigenvalue weighted by atomic mass is 10.2. The summed E-state index contributed by atoms with van der Waals surface area (Å²) in [6, 6.07) is 12.7. The molecule has 5 nitrogen and oxygen atoms in total. The Kier molecular flexibility index (Phi) is 6.60. The van der Waals surface area contributed by atoms with Crippen LogP contribution in [0.1, 0.15) is 29.8 Å². The molecule has 126 valence electrons. The van der Waals surface area contributed by atoms with Crippen molar-refractivity contribution in [3.63, 3.8) is 0 Å². The molecule has 0 saturated heterocycles. The van der Waals surface area contributed by atoms with Crippen molar-refractivity contribution in [2.24, 2.45) is 5.10 Å². The summed E-state index contributed by atoms with van der Waals surface area (Å²) in [6.07, 6.45) is 1.72. The van der Waals surface area contributed by atoms with Gasteiger partial charge in [0.25, 0.3) is 5.91 Å². The topological polar surface area (TPSA) is 59.9 Å². The maximum atomic E-state index is 12.1. The maximum Gasteiger partial charge on any atom is 0.271 e. The monoisotopic (exact) mass is 438 g/mol. The van der Waals surface area contributed by atoms with Crippen LogP contribution in [-0.2, 0) is 0 Å². The summed E-state index contributed by atoms with van der Waals surface area (Å²) < 4.78 is 11.7. The number of carbonyl (C=O) groups is 1. The van der Waals surface area contributed by atoms with Crippen LogP contribution in [0.3, 0.4) is 0 Å². The van der Waals surface area contributed by atoms with Crippen molar-refractivity contribution in [1.82, 2.24) is 5.43 Å². The summed E-state index contributed by atoms with van der Waals surface area (Å²) in [7, 11) is 1.57. The number of hydrogen-bond donors (Lipinski definition) is 1. The molecule has 24 heavy (non-hydrogen) atoms. The van der Waals surface area contributed by atoms with E-state index in [-0.39, 0.29) is 12.0 Å². The molecule has 0 heterocycles. The van der Waals surface area contributed by atoms with Crippen LogP contribution >= 0.6 is 22.6 Å². The van der Waals surface area contributed by atoms with E-state index in [0.717, 1.165) is 14.9 Å². The number of ether oxygens (including phenoxy) is 2. The minimum absolute atomic E-state index is 0.134. The predicted octanol–water partition coefficient (Wildman–Crippen LogP) is 3.85. The summed E-state index contributed by atoms with van der Waals surface area (Å²) in [6.45, 7) is 3.95. The van der Waals surface area contributed by atoms with Gasteiger partial charge >= 0.3 is 0 Å². The van der Waals surface area contributed by atoms with Crippen LogP contribution in [0.15, 0.2) is 47.6 Å². The second-order valence-corrected chi connectivity index (χ2v) is 6.45. The number of amides is 1. The zero-order chi connectivity index (χ0) is 17.5. The summed E-state index contributed by atoms with van der Waals surface area (Å²) in [4.78, 5) is 12.1. The second-order valence-electron chi connectivity index (χ2n) is 5.28. The third-order valence-electron chi connectivity index (χ3n) is 3.04. The van der Waals surface area contributed by atoms with Crippen molar-refractivity contribution >= 4 is 34.7 Å². The molecule has 0 aliphatic heterocycles. The number of hydrogen-bond acceptors (Lipinski definition) is 4. The largest absolute Gasteiger partial charge is 0.496 e. The van der Waals surface area contributed by atoms with Crippen LogP contribution in [0, 0.1) is 3.57 Å². The highest BCUT2D eigenvalue weighted by molar-refractivity contribution is 14.1. The summed E-state index contributed by atoms with van der Waals surface area (Å²) in [5.41, 5.74) is 3.86. The average molecular weight is 438 g/mol. The fourth-order valence-electron chi connectivity index (χ4n) is 1.94. The van der Waals surface area contributed by atoms with Crippen LogP contribution in [0.25, 0.3) is 0 Å². The van der Waals surface area contributed by atoms with E-state index in [9.17, 15) is 4.79 Å².